The molecule has 1 saturated heterocycles. The summed E-state index contributed by atoms with van der Waals surface area (Å²) in [5.74, 6) is 0.628. The average molecular weight is 248 g/mol. The number of pyridine rings is 1. The van der Waals surface area contributed by atoms with Gasteiger partial charge in [-0.2, -0.15) is 0 Å². The van der Waals surface area contributed by atoms with Crippen LogP contribution in [0, 0.1) is 0 Å². The fourth-order valence-corrected chi connectivity index (χ4v) is 1.74. The summed E-state index contributed by atoms with van der Waals surface area (Å²) in [4.78, 5) is 4.11. The number of nitrogens with one attached hydrogen (secondary N) is 1. The molecule has 2 rings (SSSR count). The van der Waals surface area contributed by atoms with Crippen LogP contribution in [-0.2, 0) is 4.74 Å². The Labute approximate surface area is 98.1 Å². The standard InChI is InChI=1S/C9H11Cl2N3O/c10-7-5-8(11)9(12-6-7)13-14-1-3-15-4-2-14/h5-6H,1-4H2,(H,12,13). The van der Waals surface area contributed by atoms with Crippen molar-refractivity contribution in [2.24, 2.45) is 0 Å². The summed E-state index contributed by atoms with van der Waals surface area (Å²) in [5.41, 5.74) is 3.13. The molecular weight excluding hydrogens is 237 g/mol. The number of hydrogen-bond donors (Lipinski definition) is 1. The molecule has 2 heterocycles. The van der Waals surface area contributed by atoms with Crippen LogP contribution in [0.2, 0.25) is 10.0 Å². The van der Waals surface area contributed by atoms with Gasteiger partial charge < -0.3 is 10.2 Å². The maximum absolute atomic E-state index is 5.98. The minimum absolute atomic E-state index is 0.522. The molecule has 0 unspecified atom stereocenters. The van der Waals surface area contributed by atoms with E-state index < -0.39 is 0 Å². The molecule has 0 aliphatic carbocycles. The van der Waals surface area contributed by atoms with Gasteiger partial charge in [-0.15, -0.1) is 0 Å². The summed E-state index contributed by atoms with van der Waals surface area (Å²) in [7, 11) is 0. The van der Waals surface area contributed by atoms with Crippen LogP contribution in [0.25, 0.3) is 0 Å². The minimum atomic E-state index is 0.522. The van der Waals surface area contributed by atoms with E-state index in [0.717, 1.165) is 26.3 Å². The highest BCUT2D eigenvalue weighted by Gasteiger charge is 2.12. The van der Waals surface area contributed by atoms with Gasteiger partial charge in [0.05, 0.1) is 23.3 Å². The highest BCUT2D eigenvalue weighted by Crippen LogP contribution is 2.22. The lowest BCUT2D eigenvalue weighted by Gasteiger charge is -2.27. The third kappa shape index (κ3) is 2.95. The van der Waals surface area contributed by atoms with Gasteiger partial charge in [0.2, 0.25) is 0 Å². The summed E-state index contributed by atoms with van der Waals surface area (Å²) in [6.07, 6.45) is 1.57. The second-order valence-electron chi connectivity index (χ2n) is 3.20. The van der Waals surface area contributed by atoms with Crippen LogP contribution in [0.5, 0.6) is 0 Å². The van der Waals surface area contributed by atoms with Gasteiger partial charge in [0.1, 0.15) is 0 Å². The Kier molecular flexibility index (Phi) is 3.64. The quantitative estimate of drug-likeness (QED) is 0.869. The first kappa shape index (κ1) is 11.0. The number of morpholine rings is 1. The lowest BCUT2D eigenvalue weighted by atomic mass is 10.4. The fourth-order valence-electron chi connectivity index (χ4n) is 1.32. The predicted molar refractivity (Wildman–Crippen MR) is 60.3 cm³/mol. The lowest BCUT2D eigenvalue weighted by Crippen LogP contribution is -2.40. The first-order valence-corrected chi connectivity index (χ1v) is 5.42. The van der Waals surface area contributed by atoms with Crippen molar-refractivity contribution < 1.29 is 4.74 Å². The molecule has 0 amide bonds. The molecule has 0 radical (unpaired) electrons. The van der Waals surface area contributed by atoms with E-state index in [0.29, 0.717) is 15.9 Å². The Hall–Kier alpha value is -0.550. The fraction of sp³-hybridized carbons (Fsp3) is 0.444. The van der Waals surface area contributed by atoms with Crippen LogP contribution in [-0.4, -0.2) is 36.3 Å². The van der Waals surface area contributed by atoms with Gasteiger partial charge in [-0.05, 0) is 6.07 Å². The molecule has 0 atom stereocenters. The second kappa shape index (κ2) is 4.99. The van der Waals surface area contributed by atoms with Gasteiger partial charge in [-0.1, -0.05) is 23.2 Å². The molecule has 1 aromatic rings. The number of aromatic nitrogens is 1. The van der Waals surface area contributed by atoms with E-state index in [4.69, 9.17) is 27.9 Å². The highest BCUT2D eigenvalue weighted by atomic mass is 35.5. The summed E-state index contributed by atoms with van der Waals surface area (Å²) in [6.45, 7) is 3.08. The molecule has 1 aromatic heterocycles. The minimum Gasteiger partial charge on any atom is -0.379 e. The smallest absolute Gasteiger partial charge is 0.159 e. The Morgan fingerprint density at radius 2 is 2.07 bits per heavy atom. The maximum atomic E-state index is 5.98. The van der Waals surface area contributed by atoms with Crippen molar-refractivity contribution in [1.29, 1.82) is 0 Å². The van der Waals surface area contributed by atoms with E-state index in [-0.39, 0.29) is 0 Å². The lowest BCUT2D eigenvalue weighted by molar-refractivity contribution is 0.0495. The number of hydrogen-bond acceptors (Lipinski definition) is 4. The molecule has 1 fully saturated rings. The van der Waals surface area contributed by atoms with Crippen molar-refractivity contribution in [3.63, 3.8) is 0 Å². The normalized spacial score (nSPS) is 17.7. The Morgan fingerprint density at radius 3 is 2.73 bits per heavy atom. The van der Waals surface area contributed by atoms with Gasteiger partial charge in [0.25, 0.3) is 0 Å². The van der Waals surface area contributed by atoms with E-state index >= 15 is 0 Å². The Morgan fingerprint density at radius 1 is 1.33 bits per heavy atom. The molecular formula is C9H11Cl2N3O. The van der Waals surface area contributed by atoms with Gasteiger partial charge in [-0.25, -0.2) is 9.99 Å². The first-order chi connectivity index (χ1) is 7.25. The summed E-state index contributed by atoms with van der Waals surface area (Å²) in [5, 5.41) is 3.08. The molecule has 15 heavy (non-hydrogen) atoms. The molecule has 6 heteroatoms. The molecule has 0 aromatic carbocycles. The second-order valence-corrected chi connectivity index (χ2v) is 4.04. The molecule has 0 bridgehead atoms. The molecule has 1 aliphatic rings. The number of hydrazine groups is 1. The molecule has 1 N–H and O–H groups in total. The summed E-state index contributed by atoms with van der Waals surface area (Å²) < 4.78 is 5.23. The maximum Gasteiger partial charge on any atom is 0.159 e. The van der Waals surface area contributed by atoms with Crippen LogP contribution >= 0.6 is 23.2 Å². The number of nitrogens with zero attached hydrogens (tertiary/aromatic N) is 2. The zero-order valence-corrected chi connectivity index (χ0v) is 9.55. The molecule has 1 aliphatic heterocycles. The first-order valence-electron chi connectivity index (χ1n) is 4.66. The molecule has 4 nitrogen and oxygen atoms in total. The van der Waals surface area contributed by atoms with Crippen molar-refractivity contribution in [1.82, 2.24) is 9.99 Å². The van der Waals surface area contributed by atoms with E-state index in [1.54, 1.807) is 12.3 Å². The monoisotopic (exact) mass is 247 g/mol. The van der Waals surface area contributed by atoms with Crippen LogP contribution in [0.1, 0.15) is 0 Å². The SMILES string of the molecule is Clc1cnc(NN2CCOCC2)c(Cl)c1. The average Bonchev–Trinajstić information content (AvgIpc) is 2.24. The Bertz CT molecular complexity index is 342. The topological polar surface area (TPSA) is 37.4 Å². The predicted octanol–water partition coefficient (Wildman–Crippen LogP) is 2.05. The Balaban J connectivity index is 2.03. The van der Waals surface area contributed by atoms with Crippen LogP contribution in [0.3, 0.4) is 0 Å². The molecule has 0 saturated carbocycles. The van der Waals surface area contributed by atoms with E-state index in [9.17, 15) is 0 Å². The number of ether oxygens (including phenoxy) is 1. The van der Waals surface area contributed by atoms with Crippen molar-refractivity contribution in [2.45, 2.75) is 0 Å². The summed E-state index contributed by atoms with van der Waals surface area (Å²) >= 11 is 11.7. The van der Waals surface area contributed by atoms with E-state index in [1.807, 2.05) is 5.01 Å². The van der Waals surface area contributed by atoms with Gasteiger partial charge in [-0.3, -0.25) is 0 Å². The zero-order valence-electron chi connectivity index (χ0n) is 8.04. The van der Waals surface area contributed by atoms with E-state index in [2.05, 4.69) is 10.4 Å². The number of halogens is 2. The van der Waals surface area contributed by atoms with Gasteiger partial charge >= 0.3 is 0 Å². The van der Waals surface area contributed by atoms with Gasteiger partial charge in [0.15, 0.2) is 5.82 Å². The zero-order chi connectivity index (χ0) is 10.7. The van der Waals surface area contributed by atoms with Crippen LogP contribution in [0.4, 0.5) is 5.82 Å². The van der Waals surface area contributed by atoms with Crippen LogP contribution < -0.4 is 5.43 Å². The van der Waals surface area contributed by atoms with Crippen molar-refractivity contribution in [3.8, 4) is 0 Å². The van der Waals surface area contributed by atoms with Crippen LogP contribution in [0.15, 0.2) is 12.3 Å². The molecule has 82 valence electrons. The number of anilines is 1. The largest absolute Gasteiger partial charge is 0.379 e. The van der Waals surface area contributed by atoms with Crippen molar-refractivity contribution in [3.05, 3.63) is 22.3 Å². The third-order valence-electron chi connectivity index (χ3n) is 2.08. The third-order valence-corrected chi connectivity index (χ3v) is 2.58. The summed E-state index contributed by atoms with van der Waals surface area (Å²) in [6, 6.07) is 1.67. The van der Waals surface area contributed by atoms with Crippen molar-refractivity contribution >= 4 is 29.0 Å². The number of rotatable bonds is 2. The highest BCUT2D eigenvalue weighted by molar-refractivity contribution is 6.35. The molecule has 0 spiro atoms. The van der Waals surface area contributed by atoms with Crippen molar-refractivity contribution in [2.75, 3.05) is 31.7 Å². The van der Waals surface area contributed by atoms with E-state index in [1.165, 1.54) is 0 Å². The van der Waals surface area contributed by atoms with Gasteiger partial charge in [0, 0.05) is 19.3 Å².